The van der Waals surface area contributed by atoms with Gasteiger partial charge in [0.15, 0.2) is 5.84 Å². The second-order valence-electron chi connectivity index (χ2n) is 7.44. The summed E-state index contributed by atoms with van der Waals surface area (Å²) < 4.78 is 31.8. The maximum absolute atomic E-state index is 13.0. The summed E-state index contributed by atoms with van der Waals surface area (Å²) in [5.74, 6) is -0.369. The molecule has 1 amide bonds. The summed E-state index contributed by atoms with van der Waals surface area (Å²) in [6.45, 7) is 0.705. The summed E-state index contributed by atoms with van der Waals surface area (Å²) >= 11 is 0. The Labute approximate surface area is 180 Å². The molecule has 4 rings (SSSR count). The zero-order valence-electron chi connectivity index (χ0n) is 16.6. The highest BCUT2D eigenvalue weighted by Crippen LogP contribution is 2.46. The number of nitrogens with zero attached hydrogens (tertiary/aromatic N) is 2. The van der Waals surface area contributed by atoms with Gasteiger partial charge >= 0.3 is 0 Å². The highest BCUT2D eigenvalue weighted by Gasteiger charge is 2.31. The summed E-state index contributed by atoms with van der Waals surface area (Å²) in [7, 11) is -3.39. The molecular weight excluding hydrogens is 424 g/mol. The molecule has 0 saturated carbocycles. The van der Waals surface area contributed by atoms with E-state index in [4.69, 9.17) is 10.5 Å². The number of likely N-dealkylation sites (tertiary alicyclic amines) is 1. The minimum atomic E-state index is -3.39. The molecule has 10 nitrogen and oxygen atoms in total. The van der Waals surface area contributed by atoms with Gasteiger partial charge in [-0.2, -0.15) is 0 Å². The molecule has 1 unspecified atom stereocenters. The van der Waals surface area contributed by atoms with Crippen molar-refractivity contribution < 1.29 is 28.8 Å². The zero-order valence-corrected chi connectivity index (χ0v) is 17.4. The van der Waals surface area contributed by atoms with Crippen molar-refractivity contribution in [3.8, 4) is 17.2 Å². The number of fused-ring (bicyclic) bond motifs is 1. The number of carbonyl (C=O) groups is 1. The van der Waals surface area contributed by atoms with Crippen molar-refractivity contribution in [3.63, 3.8) is 0 Å². The molecule has 0 bridgehead atoms. The van der Waals surface area contributed by atoms with E-state index >= 15 is 0 Å². The maximum Gasteiger partial charge on any atom is 0.257 e. The van der Waals surface area contributed by atoms with Crippen LogP contribution in [0.15, 0.2) is 40.8 Å². The number of amides is 1. The van der Waals surface area contributed by atoms with Gasteiger partial charge in [-0.3, -0.25) is 18.6 Å². The summed E-state index contributed by atoms with van der Waals surface area (Å²) in [6, 6.07) is 8.68. The highest BCUT2D eigenvalue weighted by molar-refractivity contribution is 8.24. The number of benzene rings is 2. The summed E-state index contributed by atoms with van der Waals surface area (Å²) in [5, 5.41) is 19.6. The van der Waals surface area contributed by atoms with Gasteiger partial charge in [-0.05, 0) is 54.5 Å². The molecule has 0 spiro atoms. The van der Waals surface area contributed by atoms with Crippen molar-refractivity contribution in [2.24, 2.45) is 10.1 Å². The van der Waals surface area contributed by atoms with Gasteiger partial charge in [0.2, 0.25) is 0 Å². The number of phenolic OH excluding ortho intramolecular Hbond substituents is 2. The Bertz CT molecular complexity index is 1040. The van der Waals surface area contributed by atoms with E-state index in [2.05, 4.69) is 9.12 Å². The smallest absolute Gasteiger partial charge is 0.257 e. The maximum atomic E-state index is 13.0. The molecule has 2 aromatic rings. The van der Waals surface area contributed by atoms with Gasteiger partial charge < -0.3 is 25.6 Å². The molecule has 31 heavy (non-hydrogen) atoms. The molecule has 0 aromatic heterocycles. The predicted octanol–water partition coefficient (Wildman–Crippen LogP) is 2.88. The van der Waals surface area contributed by atoms with Crippen LogP contribution in [0.2, 0.25) is 0 Å². The van der Waals surface area contributed by atoms with E-state index in [-0.39, 0.29) is 41.5 Å². The van der Waals surface area contributed by atoms with Crippen LogP contribution < -0.4 is 15.2 Å². The Hall–Kier alpha value is -3.15. The number of piperidine rings is 1. The fourth-order valence-corrected chi connectivity index (χ4v) is 4.71. The number of ether oxygens (including phenoxy) is 1. The summed E-state index contributed by atoms with van der Waals surface area (Å²) in [6.07, 6.45) is 2.49. The summed E-state index contributed by atoms with van der Waals surface area (Å²) in [4.78, 5) is 14.7. The second-order valence-corrected chi connectivity index (χ2v) is 8.86. The largest absolute Gasteiger partial charge is 0.508 e. The fraction of sp³-hybridized carbons (Fsp3) is 0.300. The average Bonchev–Trinajstić information content (AvgIpc) is 2.71. The third kappa shape index (κ3) is 4.33. The lowest BCUT2D eigenvalue weighted by molar-refractivity contribution is 0.0525. The van der Waals surface area contributed by atoms with Gasteiger partial charge in [-0.25, -0.2) is 0 Å². The number of amidine groups is 1. The normalized spacial score (nSPS) is 20.8. The summed E-state index contributed by atoms with van der Waals surface area (Å²) in [5.41, 5.74) is 6.88. The molecule has 11 heteroatoms. The molecule has 0 aliphatic carbocycles. The quantitative estimate of drug-likeness (QED) is 0.416. The predicted molar refractivity (Wildman–Crippen MR) is 118 cm³/mol. The van der Waals surface area contributed by atoms with Crippen molar-refractivity contribution in [3.05, 3.63) is 47.5 Å². The molecule has 1 saturated heterocycles. The van der Waals surface area contributed by atoms with Crippen LogP contribution in [0.25, 0.3) is 0 Å². The van der Waals surface area contributed by atoms with E-state index in [1.807, 2.05) is 0 Å². The number of phenols is 2. The van der Waals surface area contributed by atoms with Crippen LogP contribution >= 0.6 is 11.0 Å². The van der Waals surface area contributed by atoms with Crippen LogP contribution in [0.3, 0.4) is 0 Å². The molecule has 0 radical (unpaired) electrons. The van der Waals surface area contributed by atoms with Crippen molar-refractivity contribution in [2.75, 3.05) is 17.9 Å². The minimum absolute atomic E-state index is 0.0463. The van der Waals surface area contributed by atoms with Gasteiger partial charge in [-0.1, -0.05) is 6.07 Å². The van der Waals surface area contributed by atoms with Crippen LogP contribution in [-0.2, 0) is 0 Å². The third-order valence-electron chi connectivity index (χ3n) is 5.29. The average molecular weight is 449 g/mol. The Morgan fingerprint density at radius 1 is 1.26 bits per heavy atom. The molecule has 2 aliphatic rings. The molecule has 2 aliphatic heterocycles. The van der Waals surface area contributed by atoms with Crippen molar-refractivity contribution >= 4 is 28.4 Å². The van der Waals surface area contributed by atoms with E-state index in [0.717, 1.165) is 25.3 Å². The first kappa shape index (κ1) is 21.1. The van der Waals surface area contributed by atoms with Gasteiger partial charge in [-0.15, -0.1) is 4.40 Å². The van der Waals surface area contributed by atoms with Gasteiger partial charge in [0.05, 0.1) is 22.9 Å². The van der Waals surface area contributed by atoms with Gasteiger partial charge in [0, 0.05) is 12.6 Å². The van der Waals surface area contributed by atoms with E-state index in [9.17, 15) is 24.1 Å². The van der Waals surface area contributed by atoms with Crippen molar-refractivity contribution in [1.29, 1.82) is 0 Å². The van der Waals surface area contributed by atoms with Gasteiger partial charge in [0.25, 0.3) is 5.91 Å². The van der Waals surface area contributed by atoms with E-state index in [1.165, 1.54) is 12.1 Å². The number of rotatable bonds is 4. The molecule has 1 fully saturated rings. The van der Waals surface area contributed by atoms with Gasteiger partial charge in [0.1, 0.15) is 23.9 Å². The lowest BCUT2D eigenvalue weighted by Gasteiger charge is -2.36. The van der Waals surface area contributed by atoms with Crippen LogP contribution in [0.1, 0.15) is 35.2 Å². The standard InChI is InChI=1S/C20H24N4O6S/c21-19-18-15(22-31(28,29)23-19)5-3-6-17(18)30-11-12-4-1-2-9-24(12)20(27)14-8-7-13(25)10-16(14)26/h3,5-8,10,12,22,25-26,28-29H,1-2,4,9,11H2,(H2,21,23). The lowest BCUT2D eigenvalue weighted by atomic mass is 10.0. The van der Waals surface area contributed by atoms with E-state index in [1.54, 1.807) is 23.1 Å². The van der Waals surface area contributed by atoms with E-state index in [0.29, 0.717) is 23.5 Å². The Morgan fingerprint density at radius 2 is 2.06 bits per heavy atom. The SMILES string of the molecule is NC1=NS(O)(O)Nc2cccc(OCC3CCCCN3C(=O)c3ccc(O)cc3O)c21. The molecule has 1 atom stereocenters. The third-order valence-corrected chi connectivity index (χ3v) is 6.23. The van der Waals surface area contributed by atoms with Crippen LogP contribution in [0.5, 0.6) is 17.2 Å². The number of carbonyl (C=O) groups excluding carboxylic acids is 1. The molecule has 2 aromatic carbocycles. The highest BCUT2D eigenvalue weighted by atomic mass is 32.3. The topological polar surface area (TPSA) is 161 Å². The number of anilines is 1. The second kappa shape index (κ2) is 8.17. The number of hydrogen-bond acceptors (Lipinski definition) is 9. The minimum Gasteiger partial charge on any atom is -0.508 e. The first-order valence-corrected chi connectivity index (χ1v) is 11.3. The monoisotopic (exact) mass is 448 g/mol. The molecule has 166 valence electrons. The number of nitrogens with one attached hydrogen (secondary N) is 1. The van der Waals surface area contributed by atoms with Crippen LogP contribution in [-0.4, -0.2) is 55.2 Å². The van der Waals surface area contributed by atoms with Crippen molar-refractivity contribution in [1.82, 2.24) is 4.90 Å². The molecule has 2 heterocycles. The Kier molecular flexibility index (Phi) is 5.56. The Morgan fingerprint density at radius 3 is 2.84 bits per heavy atom. The van der Waals surface area contributed by atoms with Crippen LogP contribution in [0, 0.1) is 0 Å². The molecular formula is C20H24N4O6S. The first-order chi connectivity index (χ1) is 14.7. The van der Waals surface area contributed by atoms with E-state index < -0.39 is 11.0 Å². The van der Waals surface area contributed by atoms with Crippen molar-refractivity contribution in [2.45, 2.75) is 25.3 Å². The molecule has 7 N–H and O–H groups in total. The number of hydrogen-bond donors (Lipinski definition) is 6. The fourth-order valence-electron chi connectivity index (χ4n) is 3.84. The first-order valence-electron chi connectivity index (χ1n) is 9.75. The Balaban J connectivity index is 1.53. The number of nitrogens with two attached hydrogens (primary N) is 1. The zero-order chi connectivity index (χ0) is 22.2. The number of aromatic hydroxyl groups is 2. The van der Waals surface area contributed by atoms with Crippen LogP contribution in [0.4, 0.5) is 5.69 Å². The lowest BCUT2D eigenvalue weighted by Crippen LogP contribution is -2.46.